The Morgan fingerprint density at radius 1 is 1.45 bits per heavy atom. The quantitative estimate of drug-likeness (QED) is 0.627. The first-order valence-corrected chi connectivity index (χ1v) is 3.10. The molecule has 4 heteroatoms. The Morgan fingerprint density at radius 3 is 1.91 bits per heavy atom. The molecular weight excluding hydrogens is 157 g/mol. The normalized spacial score (nSPS) is 17.6. The second-order valence-electron chi connectivity index (χ2n) is 2.91. The molecule has 66 valence electrons. The summed E-state index contributed by atoms with van der Waals surface area (Å²) in [7, 11) is 0. The topological polar surface area (TPSA) is 20.2 Å². The summed E-state index contributed by atoms with van der Waals surface area (Å²) in [6.45, 7) is 5.48. The minimum Gasteiger partial charge on any atom is -0.380 e. The molecule has 0 radical (unpaired) electrons. The summed E-state index contributed by atoms with van der Waals surface area (Å²) in [5, 5.41) is 8.84. The van der Waals surface area contributed by atoms with E-state index in [1.54, 1.807) is 0 Å². The number of rotatable bonds is 2. The summed E-state index contributed by atoms with van der Waals surface area (Å²) in [6, 6.07) is 0. The zero-order valence-electron chi connectivity index (χ0n) is 6.50. The molecule has 0 heterocycles. The van der Waals surface area contributed by atoms with Crippen LogP contribution in [0.1, 0.15) is 20.3 Å². The number of aliphatic hydroxyl groups is 1. The highest BCUT2D eigenvalue weighted by molar-refractivity contribution is 4.98. The summed E-state index contributed by atoms with van der Waals surface area (Å²) in [6.07, 6.45) is -5.03. The van der Waals surface area contributed by atoms with Crippen LogP contribution in [-0.4, -0.2) is 16.9 Å². The first-order valence-electron chi connectivity index (χ1n) is 3.10. The zero-order valence-corrected chi connectivity index (χ0v) is 6.50. The van der Waals surface area contributed by atoms with Gasteiger partial charge >= 0.3 is 6.18 Å². The van der Waals surface area contributed by atoms with E-state index in [-0.39, 0.29) is 0 Å². The Morgan fingerprint density at radius 2 is 1.82 bits per heavy atom. The van der Waals surface area contributed by atoms with Gasteiger partial charge in [0, 0.05) is 6.42 Å². The SMILES string of the molecule is C=C(C)C[C@@](C)(O)C(F)(F)F. The van der Waals surface area contributed by atoms with Crippen molar-refractivity contribution < 1.29 is 18.3 Å². The highest BCUT2D eigenvalue weighted by Gasteiger charge is 2.49. The Bertz CT molecular complexity index is 158. The Labute approximate surface area is 63.5 Å². The van der Waals surface area contributed by atoms with E-state index in [4.69, 9.17) is 5.11 Å². The predicted molar refractivity (Wildman–Crippen MR) is 36.1 cm³/mol. The summed E-state index contributed by atoms with van der Waals surface area (Å²) in [5.41, 5.74) is -2.33. The lowest BCUT2D eigenvalue weighted by molar-refractivity contribution is -0.252. The lowest BCUT2D eigenvalue weighted by Gasteiger charge is -2.26. The molecule has 11 heavy (non-hydrogen) atoms. The monoisotopic (exact) mass is 168 g/mol. The van der Waals surface area contributed by atoms with E-state index in [0.717, 1.165) is 6.92 Å². The smallest absolute Gasteiger partial charge is 0.380 e. The van der Waals surface area contributed by atoms with Crippen LogP contribution < -0.4 is 0 Å². The van der Waals surface area contributed by atoms with Crippen LogP contribution in [0.2, 0.25) is 0 Å². The van der Waals surface area contributed by atoms with Gasteiger partial charge in [-0.2, -0.15) is 13.2 Å². The lowest BCUT2D eigenvalue weighted by atomic mass is 9.98. The van der Waals surface area contributed by atoms with Gasteiger partial charge in [-0.1, -0.05) is 5.57 Å². The number of halogens is 3. The fourth-order valence-electron chi connectivity index (χ4n) is 0.688. The first kappa shape index (κ1) is 10.5. The van der Waals surface area contributed by atoms with Crippen molar-refractivity contribution >= 4 is 0 Å². The fraction of sp³-hybridized carbons (Fsp3) is 0.714. The summed E-state index contributed by atoms with van der Waals surface area (Å²) in [5.74, 6) is 0. The molecule has 0 bridgehead atoms. The molecule has 0 amide bonds. The van der Waals surface area contributed by atoms with Crippen LogP contribution in [0.25, 0.3) is 0 Å². The van der Waals surface area contributed by atoms with Crippen LogP contribution in [0.4, 0.5) is 13.2 Å². The lowest BCUT2D eigenvalue weighted by Crippen LogP contribution is -2.42. The number of alkyl halides is 3. The van der Waals surface area contributed by atoms with E-state index in [1.165, 1.54) is 6.92 Å². The summed E-state index contributed by atoms with van der Waals surface area (Å²) < 4.78 is 35.7. The molecule has 1 nitrogen and oxygen atoms in total. The van der Waals surface area contributed by atoms with E-state index in [9.17, 15) is 13.2 Å². The summed E-state index contributed by atoms with van der Waals surface area (Å²) >= 11 is 0. The molecule has 0 aliphatic carbocycles. The van der Waals surface area contributed by atoms with Crippen molar-refractivity contribution in [1.29, 1.82) is 0 Å². The predicted octanol–water partition coefficient (Wildman–Crippen LogP) is 2.27. The third kappa shape index (κ3) is 2.93. The average molecular weight is 168 g/mol. The van der Waals surface area contributed by atoms with Gasteiger partial charge in [-0.05, 0) is 13.8 Å². The van der Waals surface area contributed by atoms with Gasteiger partial charge in [0.1, 0.15) is 0 Å². The highest BCUT2D eigenvalue weighted by Crippen LogP contribution is 2.34. The second kappa shape index (κ2) is 2.85. The third-order valence-corrected chi connectivity index (χ3v) is 1.26. The maximum absolute atomic E-state index is 11.9. The Kier molecular flexibility index (Phi) is 2.72. The maximum atomic E-state index is 11.9. The van der Waals surface area contributed by atoms with Crippen LogP contribution in [0.15, 0.2) is 12.2 Å². The van der Waals surface area contributed by atoms with Crippen molar-refractivity contribution in [2.24, 2.45) is 0 Å². The van der Waals surface area contributed by atoms with E-state index < -0.39 is 18.2 Å². The van der Waals surface area contributed by atoms with Gasteiger partial charge in [0.2, 0.25) is 0 Å². The average Bonchev–Trinajstić information content (AvgIpc) is 1.56. The van der Waals surface area contributed by atoms with Gasteiger partial charge in [0.15, 0.2) is 5.60 Å². The van der Waals surface area contributed by atoms with Crippen LogP contribution in [0, 0.1) is 0 Å². The zero-order chi connectivity index (χ0) is 9.28. The second-order valence-corrected chi connectivity index (χ2v) is 2.91. The molecule has 1 N–H and O–H groups in total. The minimum absolute atomic E-state index is 0.312. The molecule has 1 atom stereocenters. The molecule has 0 rings (SSSR count). The third-order valence-electron chi connectivity index (χ3n) is 1.26. The molecule has 0 aliphatic rings. The first-order chi connectivity index (χ1) is 4.67. The Balaban J connectivity index is 4.34. The highest BCUT2D eigenvalue weighted by atomic mass is 19.4. The maximum Gasteiger partial charge on any atom is 0.417 e. The van der Waals surface area contributed by atoms with Crippen molar-refractivity contribution in [3.63, 3.8) is 0 Å². The van der Waals surface area contributed by atoms with Crippen molar-refractivity contribution in [3.8, 4) is 0 Å². The van der Waals surface area contributed by atoms with Crippen LogP contribution >= 0.6 is 0 Å². The fourth-order valence-corrected chi connectivity index (χ4v) is 0.688. The minimum atomic E-state index is -4.58. The van der Waals surface area contributed by atoms with Crippen molar-refractivity contribution in [2.45, 2.75) is 32.0 Å². The molecule has 0 aromatic carbocycles. The van der Waals surface area contributed by atoms with E-state index in [2.05, 4.69) is 6.58 Å². The number of hydrogen-bond acceptors (Lipinski definition) is 1. The molecular formula is C7H11F3O. The van der Waals surface area contributed by atoms with Gasteiger partial charge in [-0.3, -0.25) is 0 Å². The van der Waals surface area contributed by atoms with Crippen LogP contribution in [0.5, 0.6) is 0 Å². The van der Waals surface area contributed by atoms with Crippen molar-refractivity contribution in [2.75, 3.05) is 0 Å². The van der Waals surface area contributed by atoms with Gasteiger partial charge in [-0.25, -0.2) is 0 Å². The standard InChI is InChI=1S/C7H11F3O/c1-5(2)4-6(3,11)7(8,9)10/h11H,1,4H2,2-3H3/t6-/m1/s1. The van der Waals surface area contributed by atoms with Crippen molar-refractivity contribution in [3.05, 3.63) is 12.2 Å². The van der Waals surface area contributed by atoms with Gasteiger partial charge in [0.25, 0.3) is 0 Å². The van der Waals surface area contributed by atoms with E-state index >= 15 is 0 Å². The molecule has 0 unspecified atom stereocenters. The summed E-state index contributed by atoms with van der Waals surface area (Å²) in [4.78, 5) is 0. The van der Waals surface area contributed by atoms with Gasteiger partial charge in [-0.15, -0.1) is 6.58 Å². The largest absolute Gasteiger partial charge is 0.417 e. The molecule has 0 aromatic heterocycles. The molecule has 0 spiro atoms. The van der Waals surface area contributed by atoms with Crippen molar-refractivity contribution in [1.82, 2.24) is 0 Å². The van der Waals surface area contributed by atoms with E-state index in [1.807, 2.05) is 0 Å². The van der Waals surface area contributed by atoms with Crippen LogP contribution in [-0.2, 0) is 0 Å². The van der Waals surface area contributed by atoms with Crippen LogP contribution in [0.3, 0.4) is 0 Å². The molecule has 0 aromatic rings. The Hall–Kier alpha value is -0.510. The number of hydrogen-bond donors (Lipinski definition) is 1. The van der Waals surface area contributed by atoms with Gasteiger partial charge in [0.05, 0.1) is 0 Å². The molecule has 0 aliphatic heterocycles. The van der Waals surface area contributed by atoms with Gasteiger partial charge < -0.3 is 5.11 Å². The van der Waals surface area contributed by atoms with E-state index in [0.29, 0.717) is 5.57 Å². The molecule has 0 saturated heterocycles. The molecule has 0 fully saturated rings. The molecule has 0 saturated carbocycles.